The standard InChI is InChI=1S/C9H18O2.Zn/c1-5-6-7(2)9(3,4)8(10)11;/h7H,5-6H2,1-4H3,(H,10,11);. The van der Waals surface area contributed by atoms with Gasteiger partial charge >= 0.3 is 5.97 Å². The van der Waals surface area contributed by atoms with Crippen LogP contribution < -0.4 is 0 Å². The van der Waals surface area contributed by atoms with Crippen LogP contribution in [0.3, 0.4) is 0 Å². The van der Waals surface area contributed by atoms with Gasteiger partial charge in [0, 0.05) is 19.5 Å². The molecule has 3 heteroatoms. The monoisotopic (exact) mass is 222 g/mol. The van der Waals surface area contributed by atoms with Crippen molar-refractivity contribution in [2.24, 2.45) is 11.3 Å². The van der Waals surface area contributed by atoms with E-state index >= 15 is 0 Å². The molecule has 0 spiro atoms. The van der Waals surface area contributed by atoms with E-state index < -0.39 is 11.4 Å². The molecule has 0 aliphatic rings. The molecule has 68 valence electrons. The number of aliphatic carboxylic acids is 1. The number of hydrogen-bond donors (Lipinski definition) is 1. The molecule has 1 N–H and O–H groups in total. The second kappa shape index (κ2) is 5.69. The summed E-state index contributed by atoms with van der Waals surface area (Å²) in [5, 5.41) is 8.84. The third-order valence-electron chi connectivity index (χ3n) is 2.50. The van der Waals surface area contributed by atoms with Gasteiger partial charge in [0.15, 0.2) is 0 Å². The zero-order chi connectivity index (χ0) is 9.07. The van der Waals surface area contributed by atoms with Gasteiger partial charge in [-0.3, -0.25) is 4.79 Å². The van der Waals surface area contributed by atoms with E-state index in [0.29, 0.717) is 0 Å². The Labute approximate surface area is 87.5 Å². The first-order chi connectivity index (χ1) is 4.92. The summed E-state index contributed by atoms with van der Waals surface area (Å²) in [4.78, 5) is 10.7. The van der Waals surface area contributed by atoms with Crippen LogP contribution in [0.15, 0.2) is 0 Å². The fourth-order valence-electron chi connectivity index (χ4n) is 1.00. The Kier molecular flexibility index (Phi) is 6.93. The molecular weight excluding hydrogens is 205 g/mol. The maximum Gasteiger partial charge on any atom is 0.309 e. The van der Waals surface area contributed by atoms with E-state index in [1.165, 1.54) is 0 Å². The van der Waals surface area contributed by atoms with Gasteiger partial charge in [0.1, 0.15) is 0 Å². The van der Waals surface area contributed by atoms with Crippen LogP contribution in [0, 0.1) is 11.3 Å². The summed E-state index contributed by atoms with van der Waals surface area (Å²) >= 11 is 0. The summed E-state index contributed by atoms with van der Waals surface area (Å²) in [5.41, 5.74) is -0.573. The fourth-order valence-corrected chi connectivity index (χ4v) is 1.00. The SMILES string of the molecule is CCCC(C)C(C)(C)C(=O)O.[Zn]. The molecule has 0 aromatic rings. The molecular formula is C9H18O2Zn. The zero-order valence-electron chi connectivity index (χ0n) is 8.55. The smallest absolute Gasteiger partial charge is 0.309 e. The van der Waals surface area contributed by atoms with E-state index in [9.17, 15) is 4.79 Å². The quantitative estimate of drug-likeness (QED) is 0.744. The van der Waals surface area contributed by atoms with E-state index in [0.717, 1.165) is 12.8 Å². The van der Waals surface area contributed by atoms with Crippen molar-refractivity contribution in [2.75, 3.05) is 0 Å². The molecule has 0 rings (SSSR count). The molecule has 1 atom stereocenters. The Bertz CT molecular complexity index is 143. The second-order valence-corrected chi connectivity index (χ2v) is 3.72. The molecule has 0 amide bonds. The van der Waals surface area contributed by atoms with Crippen molar-refractivity contribution >= 4 is 5.97 Å². The molecule has 0 aromatic heterocycles. The van der Waals surface area contributed by atoms with E-state index in [4.69, 9.17) is 5.11 Å². The van der Waals surface area contributed by atoms with Crippen LogP contribution in [0.1, 0.15) is 40.5 Å². The summed E-state index contributed by atoms with van der Waals surface area (Å²) in [6, 6.07) is 0. The van der Waals surface area contributed by atoms with Gasteiger partial charge < -0.3 is 5.11 Å². The van der Waals surface area contributed by atoms with Crippen molar-refractivity contribution in [1.82, 2.24) is 0 Å². The Balaban J connectivity index is 0. The average molecular weight is 224 g/mol. The first kappa shape index (κ1) is 14.6. The normalized spacial score (nSPS) is 13.3. The molecule has 1 unspecified atom stereocenters. The predicted octanol–water partition coefficient (Wildman–Crippen LogP) is 2.53. The van der Waals surface area contributed by atoms with E-state index in [2.05, 4.69) is 6.92 Å². The van der Waals surface area contributed by atoms with Gasteiger partial charge in [-0.1, -0.05) is 20.3 Å². The van der Waals surface area contributed by atoms with E-state index in [1.807, 2.05) is 6.92 Å². The minimum atomic E-state index is -0.696. The molecule has 2 nitrogen and oxygen atoms in total. The summed E-state index contributed by atoms with van der Waals surface area (Å²) in [6.07, 6.45) is 2.04. The largest absolute Gasteiger partial charge is 0.481 e. The minimum absolute atomic E-state index is 0. The van der Waals surface area contributed by atoms with Crippen LogP contribution in [-0.4, -0.2) is 11.1 Å². The Morgan fingerprint density at radius 3 is 2.17 bits per heavy atom. The van der Waals surface area contributed by atoms with Gasteiger partial charge in [0.2, 0.25) is 0 Å². The molecule has 12 heavy (non-hydrogen) atoms. The van der Waals surface area contributed by atoms with E-state index in [1.54, 1.807) is 13.8 Å². The molecule has 0 heterocycles. The molecule has 0 aromatic carbocycles. The number of carbonyl (C=O) groups is 1. The maximum atomic E-state index is 10.7. The Morgan fingerprint density at radius 2 is 1.92 bits per heavy atom. The first-order valence-corrected chi connectivity index (χ1v) is 4.16. The summed E-state index contributed by atoms with van der Waals surface area (Å²) in [5.74, 6) is -0.441. The molecule has 0 radical (unpaired) electrons. The van der Waals surface area contributed by atoms with Crippen molar-refractivity contribution in [3.63, 3.8) is 0 Å². The molecule has 0 aliphatic carbocycles. The first-order valence-electron chi connectivity index (χ1n) is 4.16. The van der Waals surface area contributed by atoms with Crippen molar-refractivity contribution in [1.29, 1.82) is 0 Å². The minimum Gasteiger partial charge on any atom is -0.481 e. The van der Waals surface area contributed by atoms with Crippen molar-refractivity contribution < 1.29 is 29.4 Å². The maximum absolute atomic E-state index is 10.7. The van der Waals surface area contributed by atoms with Crippen LogP contribution in [0.2, 0.25) is 0 Å². The van der Waals surface area contributed by atoms with Gasteiger partial charge in [-0.25, -0.2) is 0 Å². The van der Waals surface area contributed by atoms with Crippen molar-refractivity contribution in [2.45, 2.75) is 40.5 Å². The summed E-state index contributed by atoms with van der Waals surface area (Å²) in [7, 11) is 0. The van der Waals surface area contributed by atoms with Gasteiger partial charge in [-0.05, 0) is 26.2 Å². The Morgan fingerprint density at radius 1 is 1.50 bits per heavy atom. The van der Waals surface area contributed by atoms with Gasteiger partial charge in [0.05, 0.1) is 5.41 Å². The van der Waals surface area contributed by atoms with E-state index in [-0.39, 0.29) is 25.4 Å². The molecule has 0 saturated heterocycles. The topological polar surface area (TPSA) is 37.3 Å². The number of hydrogen-bond acceptors (Lipinski definition) is 1. The van der Waals surface area contributed by atoms with Crippen molar-refractivity contribution in [3.8, 4) is 0 Å². The van der Waals surface area contributed by atoms with Gasteiger partial charge in [-0.2, -0.15) is 0 Å². The number of rotatable bonds is 4. The zero-order valence-corrected chi connectivity index (χ0v) is 11.5. The molecule has 0 fully saturated rings. The predicted molar refractivity (Wildman–Crippen MR) is 45.5 cm³/mol. The number of carboxylic acids is 1. The van der Waals surface area contributed by atoms with Crippen LogP contribution in [-0.2, 0) is 24.3 Å². The van der Waals surface area contributed by atoms with Gasteiger partial charge in [0.25, 0.3) is 0 Å². The van der Waals surface area contributed by atoms with Crippen LogP contribution in [0.25, 0.3) is 0 Å². The molecule has 0 aliphatic heterocycles. The van der Waals surface area contributed by atoms with Crippen LogP contribution >= 0.6 is 0 Å². The van der Waals surface area contributed by atoms with Crippen molar-refractivity contribution in [3.05, 3.63) is 0 Å². The fraction of sp³-hybridized carbons (Fsp3) is 0.889. The number of carboxylic acid groups (broad SMARTS) is 1. The third-order valence-corrected chi connectivity index (χ3v) is 2.50. The molecule has 0 saturated carbocycles. The second-order valence-electron chi connectivity index (χ2n) is 3.72. The van der Waals surface area contributed by atoms with Crippen LogP contribution in [0.5, 0.6) is 0 Å². The average Bonchev–Trinajstić information content (AvgIpc) is 1.88. The third kappa shape index (κ3) is 3.66. The summed E-state index contributed by atoms with van der Waals surface area (Å²) in [6.45, 7) is 7.65. The van der Waals surface area contributed by atoms with Gasteiger partial charge in [-0.15, -0.1) is 0 Å². The Hall–Kier alpha value is 0.0934. The molecule has 0 bridgehead atoms. The summed E-state index contributed by atoms with van der Waals surface area (Å²) < 4.78 is 0. The van der Waals surface area contributed by atoms with Crippen LogP contribution in [0.4, 0.5) is 0 Å².